The third kappa shape index (κ3) is 5.05. The summed E-state index contributed by atoms with van der Waals surface area (Å²) in [7, 11) is 0. The van der Waals surface area contributed by atoms with Gasteiger partial charge in [0, 0.05) is 23.8 Å². The lowest BCUT2D eigenvalue weighted by Crippen LogP contribution is -2.39. The van der Waals surface area contributed by atoms with Crippen molar-refractivity contribution in [3.8, 4) is 0 Å². The van der Waals surface area contributed by atoms with Crippen molar-refractivity contribution in [3.63, 3.8) is 0 Å². The molecule has 2 rings (SSSR count). The fourth-order valence-electron chi connectivity index (χ4n) is 3.10. The summed E-state index contributed by atoms with van der Waals surface area (Å²) in [6.07, 6.45) is 6.67. The lowest BCUT2D eigenvalue weighted by molar-refractivity contribution is -0.116. The van der Waals surface area contributed by atoms with Crippen LogP contribution in [0.3, 0.4) is 0 Å². The molecule has 1 atom stereocenters. The summed E-state index contributed by atoms with van der Waals surface area (Å²) in [6.45, 7) is 4.48. The van der Waals surface area contributed by atoms with Crippen molar-refractivity contribution in [2.45, 2.75) is 51.5 Å². The van der Waals surface area contributed by atoms with Crippen LogP contribution in [0.4, 0.5) is 11.4 Å². The molecular formula is C17H27N3O. The number of hydrogen-bond acceptors (Lipinski definition) is 3. The van der Waals surface area contributed by atoms with Gasteiger partial charge < -0.3 is 16.0 Å². The molecule has 4 nitrogen and oxygen atoms in total. The number of nitrogens with two attached hydrogens (primary N) is 1. The number of nitrogens with zero attached hydrogens (tertiary/aromatic N) is 1. The van der Waals surface area contributed by atoms with Crippen LogP contribution in [-0.2, 0) is 4.79 Å². The third-order valence-corrected chi connectivity index (χ3v) is 4.24. The highest BCUT2D eigenvalue weighted by Gasteiger charge is 2.20. The van der Waals surface area contributed by atoms with E-state index >= 15 is 0 Å². The Balaban J connectivity index is 1.71. The predicted octanol–water partition coefficient (Wildman–Crippen LogP) is 3.25. The number of piperidine rings is 1. The molecule has 21 heavy (non-hydrogen) atoms. The fraction of sp³-hybridized carbons (Fsp3) is 0.588. The second-order valence-electron chi connectivity index (χ2n) is 5.87. The highest BCUT2D eigenvalue weighted by atomic mass is 16.1. The van der Waals surface area contributed by atoms with Gasteiger partial charge in [-0.05, 0) is 57.0 Å². The van der Waals surface area contributed by atoms with Gasteiger partial charge in [0.1, 0.15) is 0 Å². The molecular weight excluding hydrogens is 262 g/mol. The molecule has 0 aliphatic carbocycles. The molecule has 3 N–H and O–H groups in total. The zero-order chi connectivity index (χ0) is 15.1. The molecule has 0 spiro atoms. The first-order valence-corrected chi connectivity index (χ1v) is 8.08. The van der Waals surface area contributed by atoms with Crippen molar-refractivity contribution in [2.75, 3.05) is 24.1 Å². The minimum Gasteiger partial charge on any atom is -0.399 e. The average Bonchev–Trinajstić information content (AvgIpc) is 2.47. The molecule has 1 fully saturated rings. The Morgan fingerprint density at radius 2 is 2.29 bits per heavy atom. The van der Waals surface area contributed by atoms with Crippen LogP contribution >= 0.6 is 0 Å². The zero-order valence-electron chi connectivity index (χ0n) is 13.0. The van der Waals surface area contributed by atoms with Gasteiger partial charge >= 0.3 is 0 Å². The molecule has 0 aromatic heterocycles. The van der Waals surface area contributed by atoms with Gasteiger partial charge in [0.05, 0.1) is 0 Å². The van der Waals surface area contributed by atoms with E-state index in [4.69, 9.17) is 5.73 Å². The van der Waals surface area contributed by atoms with Gasteiger partial charge in [0.15, 0.2) is 0 Å². The van der Waals surface area contributed by atoms with Gasteiger partial charge in [-0.3, -0.25) is 4.79 Å². The molecule has 1 saturated heterocycles. The summed E-state index contributed by atoms with van der Waals surface area (Å²) in [5.74, 6) is 0.0747. The number of rotatable bonds is 6. The molecule has 0 radical (unpaired) electrons. The number of amides is 1. The smallest absolute Gasteiger partial charge is 0.224 e. The highest BCUT2D eigenvalue weighted by Crippen LogP contribution is 2.20. The van der Waals surface area contributed by atoms with Crippen LogP contribution < -0.4 is 11.1 Å². The van der Waals surface area contributed by atoms with Crippen LogP contribution in [0.25, 0.3) is 0 Å². The summed E-state index contributed by atoms with van der Waals surface area (Å²) in [6, 6.07) is 8.04. The van der Waals surface area contributed by atoms with E-state index in [1.165, 1.54) is 32.2 Å². The van der Waals surface area contributed by atoms with Crippen LogP contribution in [0, 0.1) is 0 Å². The first-order chi connectivity index (χ1) is 10.2. The third-order valence-electron chi connectivity index (χ3n) is 4.24. The van der Waals surface area contributed by atoms with Crippen molar-refractivity contribution >= 4 is 17.3 Å². The summed E-state index contributed by atoms with van der Waals surface area (Å²) < 4.78 is 0. The van der Waals surface area contributed by atoms with Crippen LogP contribution in [0.2, 0.25) is 0 Å². The first kappa shape index (κ1) is 15.8. The van der Waals surface area contributed by atoms with Crippen LogP contribution in [0.15, 0.2) is 24.3 Å². The van der Waals surface area contributed by atoms with Gasteiger partial charge in [-0.15, -0.1) is 0 Å². The first-order valence-electron chi connectivity index (χ1n) is 8.08. The summed E-state index contributed by atoms with van der Waals surface area (Å²) in [5, 5.41) is 2.91. The van der Waals surface area contributed by atoms with Gasteiger partial charge in [-0.2, -0.15) is 0 Å². The summed E-state index contributed by atoms with van der Waals surface area (Å²) in [4.78, 5) is 14.5. The van der Waals surface area contributed by atoms with Gasteiger partial charge in [0.25, 0.3) is 0 Å². The second kappa shape index (κ2) is 8.03. The van der Waals surface area contributed by atoms with E-state index in [1.807, 2.05) is 18.2 Å². The standard InChI is InChI=1S/C17H27N3O/c1-2-16-9-3-4-11-20(16)12-6-10-17(21)19-15-8-5-7-14(18)13-15/h5,7-8,13,16H,2-4,6,9-12,18H2,1H3,(H,19,21). The molecule has 1 aliphatic rings. The number of carbonyl (C=O) groups is 1. The molecule has 1 unspecified atom stereocenters. The Hall–Kier alpha value is -1.55. The van der Waals surface area contributed by atoms with Crippen molar-refractivity contribution in [3.05, 3.63) is 24.3 Å². The summed E-state index contributed by atoms with van der Waals surface area (Å²) >= 11 is 0. The number of nitrogens with one attached hydrogen (secondary N) is 1. The minimum absolute atomic E-state index is 0.0747. The van der Waals surface area contributed by atoms with E-state index in [0.717, 1.165) is 24.7 Å². The Morgan fingerprint density at radius 3 is 3.05 bits per heavy atom. The molecule has 1 amide bonds. The molecule has 1 heterocycles. The van der Waals surface area contributed by atoms with Crippen LogP contribution in [0.5, 0.6) is 0 Å². The van der Waals surface area contributed by atoms with E-state index in [1.54, 1.807) is 6.07 Å². The number of carbonyl (C=O) groups excluding carboxylic acids is 1. The molecule has 0 saturated carbocycles. The Labute approximate surface area is 127 Å². The van der Waals surface area contributed by atoms with Gasteiger partial charge in [0.2, 0.25) is 5.91 Å². The topological polar surface area (TPSA) is 58.4 Å². The number of benzene rings is 1. The number of anilines is 2. The van der Waals surface area contributed by atoms with E-state index in [0.29, 0.717) is 12.1 Å². The molecule has 116 valence electrons. The second-order valence-corrected chi connectivity index (χ2v) is 5.87. The molecule has 4 heteroatoms. The Kier molecular flexibility index (Phi) is 6.05. The normalized spacial score (nSPS) is 19.4. The molecule has 1 aromatic carbocycles. The van der Waals surface area contributed by atoms with Crippen LogP contribution in [0.1, 0.15) is 45.4 Å². The van der Waals surface area contributed by atoms with Gasteiger partial charge in [-0.1, -0.05) is 19.4 Å². The largest absolute Gasteiger partial charge is 0.399 e. The monoisotopic (exact) mass is 289 g/mol. The highest BCUT2D eigenvalue weighted by molar-refractivity contribution is 5.91. The zero-order valence-corrected chi connectivity index (χ0v) is 13.0. The quantitative estimate of drug-likeness (QED) is 0.790. The summed E-state index contributed by atoms with van der Waals surface area (Å²) in [5.41, 5.74) is 7.16. The maximum Gasteiger partial charge on any atom is 0.224 e. The molecule has 1 aliphatic heterocycles. The minimum atomic E-state index is 0.0747. The number of hydrogen-bond donors (Lipinski definition) is 2. The van der Waals surface area contributed by atoms with E-state index in [2.05, 4.69) is 17.1 Å². The maximum atomic E-state index is 11.9. The van der Waals surface area contributed by atoms with Crippen molar-refractivity contribution in [1.82, 2.24) is 4.90 Å². The van der Waals surface area contributed by atoms with E-state index < -0.39 is 0 Å². The van der Waals surface area contributed by atoms with Gasteiger partial charge in [-0.25, -0.2) is 0 Å². The predicted molar refractivity (Wildman–Crippen MR) is 88.2 cm³/mol. The Morgan fingerprint density at radius 1 is 1.43 bits per heavy atom. The van der Waals surface area contributed by atoms with E-state index in [-0.39, 0.29) is 5.91 Å². The van der Waals surface area contributed by atoms with E-state index in [9.17, 15) is 4.79 Å². The molecule has 1 aromatic rings. The average molecular weight is 289 g/mol. The Bertz CT molecular complexity index is 461. The number of nitrogen functional groups attached to an aromatic ring is 1. The SMILES string of the molecule is CCC1CCCCN1CCCC(=O)Nc1cccc(N)c1. The lowest BCUT2D eigenvalue weighted by Gasteiger charge is -2.35. The maximum absolute atomic E-state index is 11.9. The molecule has 0 bridgehead atoms. The van der Waals surface area contributed by atoms with Crippen LogP contribution in [-0.4, -0.2) is 29.9 Å². The number of likely N-dealkylation sites (tertiary alicyclic amines) is 1. The fourth-order valence-corrected chi connectivity index (χ4v) is 3.10. The van der Waals surface area contributed by atoms with Crippen molar-refractivity contribution in [2.24, 2.45) is 0 Å². The van der Waals surface area contributed by atoms with Crippen molar-refractivity contribution < 1.29 is 4.79 Å². The lowest BCUT2D eigenvalue weighted by atomic mass is 10.00. The van der Waals surface area contributed by atoms with Crippen molar-refractivity contribution in [1.29, 1.82) is 0 Å².